The number of nitrogen functional groups attached to an aromatic ring is 1. The maximum absolute atomic E-state index is 12.3. The third kappa shape index (κ3) is 2.99. The van der Waals surface area contributed by atoms with E-state index in [2.05, 4.69) is 10.3 Å². The maximum Gasteiger partial charge on any atom is 0.268 e. The zero-order chi connectivity index (χ0) is 14.7. The van der Waals surface area contributed by atoms with Gasteiger partial charge in [-0.25, -0.2) is 0 Å². The number of anilines is 1. The van der Waals surface area contributed by atoms with Crippen molar-refractivity contribution in [1.29, 1.82) is 0 Å². The first-order valence-corrected chi connectivity index (χ1v) is 6.64. The van der Waals surface area contributed by atoms with Crippen molar-refractivity contribution in [3.05, 3.63) is 47.5 Å². The highest BCUT2D eigenvalue weighted by Crippen LogP contribution is 2.16. The number of nitrogens with zero attached hydrogens (tertiary/aromatic N) is 2. The van der Waals surface area contributed by atoms with E-state index in [-0.39, 0.29) is 11.9 Å². The molecule has 0 aliphatic rings. The Morgan fingerprint density at radius 3 is 2.90 bits per heavy atom. The lowest BCUT2D eigenvalue weighted by molar-refractivity contribution is 0.0940. The van der Waals surface area contributed by atoms with Crippen LogP contribution in [0.1, 0.15) is 41.5 Å². The lowest BCUT2D eigenvalue weighted by atomic mass is 10.1. The Bertz CT molecular complexity index is 616. The molecule has 0 aromatic carbocycles. The third-order valence-electron chi connectivity index (χ3n) is 3.23. The van der Waals surface area contributed by atoms with Gasteiger partial charge in [-0.05, 0) is 44.0 Å². The van der Waals surface area contributed by atoms with Crippen LogP contribution in [0.15, 0.2) is 30.7 Å². The number of hydrogen-bond acceptors (Lipinski definition) is 3. The zero-order valence-corrected chi connectivity index (χ0v) is 12.1. The normalized spacial score (nSPS) is 10.8. The summed E-state index contributed by atoms with van der Waals surface area (Å²) in [5, 5.41) is 2.92. The largest absolute Gasteiger partial charge is 0.397 e. The Hall–Kier alpha value is -2.30. The second kappa shape index (κ2) is 5.77. The molecule has 5 nitrogen and oxygen atoms in total. The molecule has 0 aliphatic heterocycles. The number of nitrogens with two attached hydrogens (primary N) is 1. The highest BCUT2D eigenvalue weighted by Gasteiger charge is 2.14. The summed E-state index contributed by atoms with van der Waals surface area (Å²) in [5.74, 6) is -0.119. The number of carbonyl (C=O) groups is 1. The first-order chi connectivity index (χ1) is 9.49. The molecule has 0 spiro atoms. The number of carbonyl (C=O) groups excluding carboxylic acids is 1. The van der Waals surface area contributed by atoms with Crippen LogP contribution in [-0.4, -0.2) is 15.5 Å². The molecule has 2 aromatic rings. The van der Waals surface area contributed by atoms with E-state index < -0.39 is 0 Å². The lowest BCUT2D eigenvalue weighted by Crippen LogP contribution is -2.26. The van der Waals surface area contributed by atoms with Crippen LogP contribution in [0.2, 0.25) is 0 Å². The van der Waals surface area contributed by atoms with Gasteiger partial charge < -0.3 is 15.6 Å². The molecule has 0 atom stereocenters. The van der Waals surface area contributed by atoms with Crippen molar-refractivity contribution < 1.29 is 4.79 Å². The SMILES string of the molecule is Cc1cnccc1CNC(=O)c1cc(N)cn1C(C)C. The van der Waals surface area contributed by atoms with Crippen molar-refractivity contribution in [3.8, 4) is 0 Å². The van der Waals surface area contributed by atoms with E-state index in [1.807, 2.05) is 31.4 Å². The van der Waals surface area contributed by atoms with Gasteiger partial charge >= 0.3 is 0 Å². The molecule has 0 saturated heterocycles. The van der Waals surface area contributed by atoms with E-state index in [0.29, 0.717) is 17.9 Å². The second-order valence-electron chi connectivity index (χ2n) is 5.14. The minimum absolute atomic E-state index is 0.119. The molecule has 0 aliphatic carbocycles. The van der Waals surface area contributed by atoms with Crippen molar-refractivity contribution in [3.63, 3.8) is 0 Å². The van der Waals surface area contributed by atoms with Crippen LogP contribution in [0.4, 0.5) is 5.69 Å². The number of rotatable bonds is 4. The van der Waals surface area contributed by atoms with Crippen molar-refractivity contribution in [1.82, 2.24) is 14.9 Å². The van der Waals surface area contributed by atoms with Crippen molar-refractivity contribution in [2.45, 2.75) is 33.4 Å². The summed E-state index contributed by atoms with van der Waals surface area (Å²) in [4.78, 5) is 16.3. The highest BCUT2D eigenvalue weighted by atomic mass is 16.1. The van der Waals surface area contributed by atoms with Gasteiger partial charge in [-0.2, -0.15) is 0 Å². The van der Waals surface area contributed by atoms with Crippen LogP contribution in [-0.2, 0) is 6.54 Å². The number of amides is 1. The van der Waals surface area contributed by atoms with Gasteiger partial charge in [-0.15, -0.1) is 0 Å². The monoisotopic (exact) mass is 272 g/mol. The summed E-state index contributed by atoms with van der Waals surface area (Å²) in [5.41, 5.74) is 9.09. The molecule has 0 bridgehead atoms. The first kappa shape index (κ1) is 14.1. The second-order valence-corrected chi connectivity index (χ2v) is 5.14. The summed E-state index contributed by atoms with van der Waals surface area (Å²) in [6, 6.07) is 3.80. The molecule has 2 heterocycles. The Labute approximate surface area is 118 Å². The molecule has 0 fully saturated rings. The van der Waals surface area contributed by atoms with Crippen molar-refractivity contribution in [2.75, 3.05) is 5.73 Å². The number of nitrogens with one attached hydrogen (secondary N) is 1. The molecular weight excluding hydrogens is 252 g/mol. The van der Waals surface area contributed by atoms with Crippen LogP contribution in [0.5, 0.6) is 0 Å². The fourth-order valence-corrected chi connectivity index (χ4v) is 2.08. The predicted octanol–water partition coefficient (Wildman–Crippen LogP) is 2.28. The van der Waals surface area contributed by atoms with Crippen LogP contribution in [0.25, 0.3) is 0 Å². The number of aryl methyl sites for hydroxylation is 1. The van der Waals surface area contributed by atoms with Gasteiger partial charge in [0.2, 0.25) is 0 Å². The van der Waals surface area contributed by atoms with E-state index >= 15 is 0 Å². The van der Waals surface area contributed by atoms with Gasteiger partial charge in [0.1, 0.15) is 5.69 Å². The maximum atomic E-state index is 12.3. The number of aromatic nitrogens is 2. The van der Waals surface area contributed by atoms with E-state index in [4.69, 9.17) is 5.73 Å². The van der Waals surface area contributed by atoms with Gasteiger partial charge in [-0.3, -0.25) is 9.78 Å². The molecule has 0 radical (unpaired) electrons. The molecule has 106 valence electrons. The molecule has 2 aromatic heterocycles. The smallest absolute Gasteiger partial charge is 0.268 e. The minimum Gasteiger partial charge on any atom is -0.397 e. The quantitative estimate of drug-likeness (QED) is 0.896. The van der Waals surface area contributed by atoms with Crippen molar-refractivity contribution >= 4 is 11.6 Å². The summed E-state index contributed by atoms with van der Waals surface area (Å²) in [6.07, 6.45) is 5.30. The zero-order valence-electron chi connectivity index (χ0n) is 12.1. The molecule has 5 heteroatoms. The van der Waals surface area contributed by atoms with Gasteiger partial charge in [0.25, 0.3) is 5.91 Å². The van der Waals surface area contributed by atoms with Crippen molar-refractivity contribution in [2.24, 2.45) is 0 Å². The standard InChI is InChI=1S/C15H20N4O/c1-10(2)19-9-13(16)6-14(19)15(20)18-8-12-4-5-17-7-11(12)3/h4-7,9-10H,8,16H2,1-3H3,(H,18,20). The molecule has 3 N–H and O–H groups in total. The van der Waals surface area contributed by atoms with Crippen LogP contribution in [0.3, 0.4) is 0 Å². The minimum atomic E-state index is -0.119. The molecule has 2 rings (SSSR count). The van der Waals surface area contributed by atoms with Crippen LogP contribution >= 0.6 is 0 Å². The van der Waals surface area contributed by atoms with Gasteiger partial charge in [0.15, 0.2) is 0 Å². The fraction of sp³-hybridized carbons (Fsp3) is 0.333. The summed E-state index contributed by atoms with van der Waals surface area (Å²) >= 11 is 0. The first-order valence-electron chi connectivity index (χ1n) is 6.64. The fourth-order valence-electron chi connectivity index (χ4n) is 2.08. The summed E-state index contributed by atoms with van der Waals surface area (Å²) in [6.45, 7) is 6.49. The predicted molar refractivity (Wildman–Crippen MR) is 79.4 cm³/mol. The molecular formula is C15H20N4O. The summed E-state index contributed by atoms with van der Waals surface area (Å²) in [7, 11) is 0. The third-order valence-corrected chi connectivity index (χ3v) is 3.23. The Balaban J connectivity index is 2.11. The molecule has 0 saturated carbocycles. The Kier molecular flexibility index (Phi) is 4.08. The summed E-state index contributed by atoms with van der Waals surface area (Å²) < 4.78 is 1.88. The van der Waals surface area contributed by atoms with Crippen LogP contribution in [0, 0.1) is 6.92 Å². The van der Waals surface area contributed by atoms with Gasteiger partial charge in [0.05, 0.1) is 5.69 Å². The average molecular weight is 272 g/mol. The molecule has 1 amide bonds. The van der Waals surface area contributed by atoms with Gasteiger partial charge in [0, 0.05) is 31.2 Å². The van der Waals surface area contributed by atoms with Crippen LogP contribution < -0.4 is 11.1 Å². The van der Waals surface area contributed by atoms with E-state index in [9.17, 15) is 4.79 Å². The van der Waals surface area contributed by atoms with E-state index in [0.717, 1.165) is 11.1 Å². The van der Waals surface area contributed by atoms with Gasteiger partial charge in [-0.1, -0.05) is 0 Å². The topological polar surface area (TPSA) is 72.9 Å². The number of hydrogen-bond donors (Lipinski definition) is 2. The van der Waals surface area contributed by atoms with E-state index in [1.54, 1.807) is 24.7 Å². The number of pyridine rings is 1. The Morgan fingerprint density at radius 2 is 2.25 bits per heavy atom. The average Bonchev–Trinajstić information content (AvgIpc) is 2.80. The highest BCUT2D eigenvalue weighted by molar-refractivity contribution is 5.93. The molecule has 0 unspecified atom stereocenters. The van der Waals surface area contributed by atoms with E-state index in [1.165, 1.54) is 0 Å². The molecule has 20 heavy (non-hydrogen) atoms. The Morgan fingerprint density at radius 1 is 1.50 bits per heavy atom. The lowest BCUT2D eigenvalue weighted by Gasteiger charge is -2.13.